The molecule has 0 radical (unpaired) electrons. The van der Waals surface area contributed by atoms with Gasteiger partial charge in [0.25, 0.3) is 0 Å². The first-order valence-electron chi connectivity index (χ1n) is 6.58. The number of rotatable bonds is 6. The van der Waals surface area contributed by atoms with E-state index in [2.05, 4.69) is 27.7 Å². The maximum atomic E-state index is 8.82. The lowest BCUT2D eigenvalue weighted by Gasteiger charge is -2.25. The molecule has 0 bridgehead atoms. The molecule has 0 saturated heterocycles. The van der Waals surface area contributed by atoms with E-state index in [0.29, 0.717) is 5.41 Å². The molecule has 0 saturated carbocycles. The Balaban J connectivity index is 0. The zero-order chi connectivity index (χ0) is 13.2. The van der Waals surface area contributed by atoms with E-state index in [1.807, 2.05) is 13.8 Å². The molecule has 0 aromatic carbocycles. The summed E-state index contributed by atoms with van der Waals surface area (Å²) in [5.41, 5.74) is 0.361. The van der Waals surface area contributed by atoms with E-state index in [-0.39, 0.29) is 18.6 Å². The summed E-state index contributed by atoms with van der Waals surface area (Å²) in [5, 5.41) is 17.6. The molecule has 0 spiro atoms. The molecule has 0 aliphatic rings. The third-order valence-electron chi connectivity index (χ3n) is 4.09. The second-order valence-electron chi connectivity index (χ2n) is 5.39. The van der Waals surface area contributed by atoms with Crippen LogP contribution in [0, 0.1) is 10.8 Å². The van der Waals surface area contributed by atoms with Crippen LogP contribution in [-0.4, -0.2) is 23.4 Å². The van der Waals surface area contributed by atoms with Gasteiger partial charge in [-0.25, -0.2) is 0 Å². The summed E-state index contributed by atoms with van der Waals surface area (Å²) in [6, 6.07) is 0. The van der Waals surface area contributed by atoms with E-state index in [4.69, 9.17) is 10.2 Å². The third kappa shape index (κ3) is 7.24. The summed E-state index contributed by atoms with van der Waals surface area (Å²) in [4.78, 5) is 0. The van der Waals surface area contributed by atoms with E-state index < -0.39 is 0 Å². The Bertz CT molecular complexity index is 125. The first-order chi connectivity index (χ1) is 7.36. The van der Waals surface area contributed by atoms with Gasteiger partial charge in [-0.2, -0.15) is 0 Å². The number of aliphatic hydroxyl groups is 2. The summed E-state index contributed by atoms with van der Waals surface area (Å²) < 4.78 is 0. The van der Waals surface area contributed by atoms with Crippen LogP contribution < -0.4 is 0 Å². The van der Waals surface area contributed by atoms with Crippen molar-refractivity contribution in [3.63, 3.8) is 0 Å². The van der Waals surface area contributed by atoms with E-state index >= 15 is 0 Å². The van der Waals surface area contributed by atoms with Crippen molar-refractivity contribution >= 4 is 0 Å². The van der Waals surface area contributed by atoms with E-state index in [9.17, 15) is 0 Å². The highest BCUT2D eigenvalue weighted by atomic mass is 16.3. The fourth-order valence-electron chi connectivity index (χ4n) is 0.997. The Labute approximate surface area is 102 Å². The zero-order valence-corrected chi connectivity index (χ0v) is 12.1. The van der Waals surface area contributed by atoms with Gasteiger partial charge in [0.1, 0.15) is 0 Å². The van der Waals surface area contributed by atoms with Gasteiger partial charge >= 0.3 is 0 Å². The second kappa shape index (κ2) is 9.00. The van der Waals surface area contributed by atoms with Crippen molar-refractivity contribution in [3.05, 3.63) is 0 Å². The molecule has 0 amide bonds. The highest BCUT2D eigenvalue weighted by Gasteiger charge is 2.23. The fourth-order valence-corrected chi connectivity index (χ4v) is 0.997. The standard InChI is InChI=1S/C7H16O2.C7H16/c1-3-7(4-2,5-8)6-9;1-5-7(3,4)6-2/h8-9H,3-6H2,1-2H3;5-6H2,1-4H3. The van der Waals surface area contributed by atoms with Crippen LogP contribution in [0.1, 0.15) is 67.2 Å². The normalized spacial score (nSPS) is 12.0. The Kier molecular flexibility index (Phi) is 10.3. The van der Waals surface area contributed by atoms with Gasteiger partial charge in [0.15, 0.2) is 0 Å². The Hall–Kier alpha value is -0.0800. The van der Waals surface area contributed by atoms with E-state index in [1.165, 1.54) is 12.8 Å². The largest absolute Gasteiger partial charge is 0.396 e. The van der Waals surface area contributed by atoms with Gasteiger partial charge < -0.3 is 10.2 Å². The van der Waals surface area contributed by atoms with Crippen LogP contribution in [0.5, 0.6) is 0 Å². The number of aliphatic hydroxyl groups excluding tert-OH is 2. The predicted molar refractivity (Wildman–Crippen MR) is 71.5 cm³/mol. The first-order valence-corrected chi connectivity index (χ1v) is 6.58. The summed E-state index contributed by atoms with van der Waals surface area (Å²) in [6.45, 7) is 13.2. The fraction of sp³-hybridized carbons (Fsp3) is 1.00. The van der Waals surface area contributed by atoms with Gasteiger partial charge in [0, 0.05) is 5.41 Å². The van der Waals surface area contributed by atoms with Crippen LogP contribution in [0.4, 0.5) is 0 Å². The molecule has 2 nitrogen and oxygen atoms in total. The minimum absolute atomic E-state index is 0.0938. The van der Waals surface area contributed by atoms with Crippen molar-refractivity contribution in [2.24, 2.45) is 10.8 Å². The molecule has 0 unspecified atom stereocenters. The molecule has 0 rings (SSSR count). The van der Waals surface area contributed by atoms with Crippen LogP contribution in [0.2, 0.25) is 0 Å². The molecule has 0 aliphatic heterocycles. The SMILES string of the molecule is CCC(C)(C)CC.CCC(CC)(CO)CO. The highest BCUT2D eigenvalue weighted by molar-refractivity contribution is 4.73. The Morgan fingerprint density at radius 2 is 1.00 bits per heavy atom. The van der Waals surface area contributed by atoms with Crippen LogP contribution in [-0.2, 0) is 0 Å². The van der Waals surface area contributed by atoms with E-state index in [0.717, 1.165) is 12.8 Å². The van der Waals surface area contributed by atoms with Crippen LogP contribution >= 0.6 is 0 Å². The lowest BCUT2D eigenvalue weighted by molar-refractivity contribution is 0.0480. The van der Waals surface area contributed by atoms with Crippen LogP contribution in [0.15, 0.2) is 0 Å². The van der Waals surface area contributed by atoms with Crippen molar-refractivity contribution in [1.29, 1.82) is 0 Å². The third-order valence-corrected chi connectivity index (χ3v) is 4.09. The van der Waals surface area contributed by atoms with Crippen LogP contribution in [0.25, 0.3) is 0 Å². The van der Waals surface area contributed by atoms with Gasteiger partial charge in [0.2, 0.25) is 0 Å². The van der Waals surface area contributed by atoms with Gasteiger partial charge in [0.05, 0.1) is 13.2 Å². The molecule has 0 aromatic rings. The van der Waals surface area contributed by atoms with Crippen molar-refractivity contribution in [2.75, 3.05) is 13.2 Å². The molecule has 100 valence electrons. The minimum atomic E-state index is -0.222. The lowest BCUT2D eigenvalue weighted by Crippen LogP contribution is -2.27. The maximum absolute atomic E-state index is 8.82. The Morgan fingerprint density at radius 1 is 0.688 bits per heavy atom. The molecule has 2 heteroatoms. The molecule has 0 aliphatic carbocycles. The Morgan fingerprint density at radius 3 is 1.00 bits per heavy atom. The van der Waals surface area contributed by atoms with Crippen molar-refractivity contribution in [2.45, 2.75) is 67.2 Å². The molecule has 0 atom stereocenters. The number of hydrogen-bond donors (Lipinski definition) is 2. The van der Waals surface area contributed by atoms with Gasteiger partial charge in [-0.3, -0.25) is 0 Å². The number of hydrogen-bond acceptors (Lipinski definition) is 2. The molecular formula is C14H32O2. The first kappa shape index (κ1) is 18.3. The molecule has 16 heavy (non-hydrogen) atoms. The summed E-state index contributed by atoms with van der Waals surface area (Å²) in [5.74, 6) is 0. The van der Waals surface area contributed by atoms with Crippen molar-refractivity contribution in [3.8, 4) is 0 Å². The average Bonchev–Trinajstić information content (AvgIpc) is 2.34. The molecule has 0 fully saturated rings. The monoisotopic (exact) mass is 232 g/mol. The van der Waals surface area contributed by atoms with Crippen molar-refractivity contribution in [1.82, 2.24) is 0 Å². The summed E-state index contributed by atoms with van der Waals surface area (Å²) in [7, 11) is 0. The van der Waals surface area contributed by atoms with E-state index in [1.54, 1.807) is 0 Å². The smallest absolute Gasteiger partial charge is 0.0509 e. The van der Waals surface area contributed by atoms with Gasteiger partial charge in [-0.05, 0) is 18.3 Å². The zero-order valence-electron chi connectivity index (χ0n) is 12.1. The molecule has 0 heterocycles. The quantitative estimate of drug-likeness (QED) is 0.734. The van der Waals surface area contributed by atoms with Crippen LogP contribution in [0.3, 0.4) is 0 Å². The summed E-state index contributed by atoms with van der Waals surface area (Å²) >= 11 is 0. The predicted octanol–water partition coefficient (Wildman–Crippen LogP) is 3.61. The minimum Gasteiger partial charge on any atom is -0.396 e. The summed E-state index contributed by atoms with van der Waals surface area (Å²) in [6.07, 6.45) is 4.28. The molecule has 2 N–H and O–H groups in total. The lowest BCUT2D eigenvalue weighted by atomic mass is 9.84. The average molecular weight is 232 g/mol. The highest BCUT2D eigenvalue weighted by Crippen LogP contribution is 2.24. The topological polar surface area (TPSA) is 40.5 Å². The molecule has 0 aromatic heterocycles. The van der Waals surface area contributed by atoms with Crippen molar-refractivity contribution < 1.29 is 10.2 Å². The van der Waals surface area contributed by atoms with Gasteiger partial charge in [-0.1, -0.05) is 54.4 Å². The maximum Gasteiger partial charge on any atom is 0.0509 e. The van der Waals surface area contributed by atoms with Gasteiger partial charge in [-0.15, -0.1) is 0 Å². The molecular weight excluding hydrogens is 200 g/mol. The second-order valence-corrected chi connectivity index (χ2v) is 5.39.